The smallest absolute Gasteiger partial charge is 0.148 e. The summed E-state index contributed by atoms with van der Waals surface area (Å²) >= 11 is 1.72. The van der Waals surface area contributed by atoms with Crippen molar-refractivity contribution in [3.8, 4) is 33.6 Å². The zero-order chi connectivity index (χ0) is 41.9. The van der Waals surface area contributed by atoms with E-state index in [9.17, 15) is 0 Å². The molecule has 8 rings (SSSR count). The largest absolute Gasteiger partial charge is 0.498 e. The molecule has 4 aromatic carbocycles. The summed E-state index contributed by atoms with van der Waals surface area (Å²) in [6.45, 7) is 10.3. The average molecular weight is 885 g/mol. The van der Waals surface area contributed by atoms with Gasteiger partial charge in [-0.15, -0.1) is 64.9 Å². The molecule has 8 aromatic rings. The van der Waals surface area contributed by atoms with Gasteiger partial charge in [0, 0.05) is 58.5 Å². The molecule has 6 heteroatoms. The molecule has 0 amide bonds. The Kier molecular flexibility index (Phi) is 8.30. The van der Waals surface area contributed by atoms with Gasteiger partial charge in [-0.25, -0.2) is 4.98 Å². The van der Waals surface area contributed by atoms with Crippen LogP contribution in [-0.4, -0.2) is 15.0 Å². The summed E-state index contributed by atoms with van der Waals surface area (Å²) in [6, 6.07) is 30.4. The molecule has 52 heavy (non-hydrogen) atoms. The molecule has 0 aliphatic rings. The minimum absolute atomic E-state index is 0. The van der Waals surface area contributed by atoms with Crippen molar-refractivity contribution in [3.63, 3.8) is 0 Å². The SMILES string of the molecule is [2H]C(C)(C)c1cc(-c2[c-]ccc3c2oc2c3ccc3sc(C(C)(C)C)nc32)ncc1-c1c(C)cccc1C.[2H]C([2H])([2H])c1c[c-]c(-c2ccc(C([2H])([2H])[2H])cn2)cc1.[Ir]. The summed E-state index contributed by atoms with van der Waals surface area (Å²) in [6.07, 6.45) is 3.22. The van der Waals surface area contributed by atoms with Gasteiger partial charge in [0.1, 0.15) is 11.1 Å². The molecule has 0 saturated carbocycles. The number of fused-ring (bicyclic) bond motifs is 5. The second-order valence-electron chi connectivity index (χ2n) is 14.1. The summed E-state index contributed by atoms with van der Waals surface area (Å²) in [7, 11) is 0. The van der Waals surface area contributed by atoms with Crippen molar-refractivity contribution in [2.45, 2.75) is 73.5 Å². The number of rotatable bonds is 4. The topological polar surface area (TPSA) is 51.8 Å². The molecule has 4 nitrogen and oxygen atoms in total. The van der Waals surface area contributed by atoms with E-state index in [2.05, 4.69) is 82.1 Å². The Bertz CT molecular complexity index is 2720. The van der Waals surface area contributed by atoms with Crippen molar-refractivity contribution >= 4 is 43.5 Å². The number of hydrogen-bond donors (Lipinski definition) is 0. The molecule has 0 aliphatic heterocycles. The molecule has 0 atom stereocenters. The number of furan rings is 1. The van der Waals surface area contributed by atoms with Crippen LogP contribution < -0.4 is 0 Å². The first-order valence-corrected chi connectivity index (χ1v) is 17.7. The molecular weight excluding hydrogens is 835 g/mol. The van der Waals surface area contributed by atoms with E-state index in [1.54, 1.807) is 23.5 Å². The molecule has 1 radical (unpaired) electrons. The normalized spacial score (nSPS) is 14.2. The third kappa shape index (κ3) is 7.25. The third-order valence-electron chi connectivity index (χ3n) is 8.90. The molecule has 0 unspecified atom stereocenters. The van der Waals surface area contributed by atoms with E-state index in [0.717, 1.165) is 65.1 Å². The van der Waals surface area contributed by atoms with Gasteiger partial charge in [0.05, 0.1) is 15.3 Å². The molecular formula is C46H43IrN3OS-2. The molecule has 0 N–H and O–H groups in total. The minimum atomic E-state index is -2.18. The summed E-state index contributed by atoms with van der Waals surface area (Å²) in [5, 5.41) is 3.16. The second-order valence-corrected chi connectivity index (χ2v) is 15.1. The van der Waals surface area contributed by atoms with Crippen LogP contribution in [-0.2, 0) is 25.5 Å². The van der Waals surface area contributed by atoms with Crippen LogP contribution in [0.4, 0.5) is 0 Å². The maximum atomic E-state index is 8.99. The Labute approximate surface area is 334 Å². The maximum absolute atomic E-state index is 8.99. The van der Waals surface area contributed by atoms with Gasteiger partial charge in [-0.2, -0.15) is 0 Å². The minimum Gasteiger partial charge on any atom is -0.498 e. The number of pyridine rings is 2. The van der Waals surface area contributed by atoms with Gasteiger partial charge in [-0.3, -0.25) is 0 Å². The summed E-state index contributed by atoms with van der Waals surface area (Å²) in [5.74, 6) is -0.820. The number of aromatic nitrogens is 3. The van der Waals surface area contributed by atoms with E-state index < -0.39 is 19.6 Å². The van der Waals surface area contributed by atoms with Crippen LogP contribution in [0, 0.1) is 39.7 Å². The first-order chi connectivity index (χ1) is 27.1. The molecule has 0 spiro atoms. The van der Waals surface area contributed by atoms with E-state index >= 15 is 0 Å². The van der Waals surface area contributed by atoms with Gasteiger partial charge in [0.2, 0.25) is 0 Å². The fraction of sp³-hybridized carbons (Fsp3) is 0.239. The Hall–Kier alpha value is -4.48. The Morgan fingerprint density at radius 1 is 0.827 bits per heavy atom. The Balaban J connectivity index is 0.000000236. The molecule has 0 saturated heterocycles. The zero-order valence-electron chi connectivity index (χ0n) is 37.2. The fourth-order valence-corrected chi connectivity index (χ4v) is 7.30. The standard InChI is InChI=1S/C33H31N2OS.C13H12N.Ir/c1-18(2)24-16-26(34-17-25(24)28-19(3)10-8-11-20(28)4)23-13-9-12-21-22-14-15-27-29(31(22)36-30(21)23)35-32(37-27)33(5,6)7;1-10-3-6-12(7-4-10)13-8-5-11(2)9-14-13;/h8-12,14-18H,1-7H3;3-6,8-9H,1-2H3;/q2*-1;/i18D;1D3,2D3;. The number of nitrogens with zero attached hydrogens (tertiary/aromatic N) is 3. The van der Waals surface area contributed by atoms with Crippen molar-refractivity contribution in [1.29, 1.82) is 0 Å². The first-order valence-electron chi connectivity index (χ1n) is 20.3. The van der Waals surface area contributed by atoms with Crippen LogP contribution in [0.3, 0.4) is 0 Å². The van der Waals surface area contributed by atoms with Gasteiger partial charge in [-0.05, 0) is 71.9 Å². The molecule has 265 valence electrons. The van der Waals surface area contributed by atoms with Crippen LogP contribution >= 0.6 is 11.3 Å². The molecule has 4 aromatic heterocycles. The number of hydrogen-bond acceptors (Lipinski definition) is 5. The quantitative estimate of drug-likeness (QED) is 0.165. The third-order valence-corrected chi connectivity index (χ3v) is 10.3. The number of aryl methyl sites for hydroxylation is 4. The zero-order valence-corrected chi connectivity index (χ0v) is 33.4. The first kappa shape index (κ1) is 29.0. The van der Waals surface area contributed by atoms with Crippen LogP contribution in [0.25, 0.3) is 65.8 Å². The van der Waals surface area contributed by atoms with Crippen LogP contribution in [0.2, 0.25) is 0 Å². The van der Waals surface area contributed by atoms with E-state index in [1.807, 2.05) is 38.2 Å². The maximum Gasteiger partial charge on any atom is 0.148 e. The van der Waals surface area contributed by atoms with E-state index in [0.29, 0.717) is 11.3 Å². The van der Waals surface area contributed by atoms with Crippen LogP contribution in [0.15, 0.2) is 95.7 Å². The molecule has 0 fully saturated rings. The van der Waals surface area contributed by atoms with Gasteiger partial charge < -0.3 is 14.4 Å². The Morgan fingerprint density at radius 2 is 1.56 bits per heavy atom. The van der Waals surface area contributed by atoms with E-state index in [1.165, 1.54) is 35.5 Å². The van der Waals surface area contributed by atoms with Crippen molar-refractivity contribution in [3.05, 3.63) is 136 Å². The van der Waals surface area contributed by atoms with Gasteiger partial charge >= 0.3 is 0 Å². The second kappa shape index (κ2) is 14.9. The van der Waals surface area contributed by atoms with E-state index in [-0.39, 0.29) is 36.6 Å². The molecule has 0 aliphatic carbocycles. The summed E-state index contributed by atoms with van der Waals surface area (Å²) < 4.78 is 60.3. The molecule has 0 bridgehead atoms. The summed E-state index contributed by atoms with van der Waals surface area (Å²) in [4.78, 5) is 14.0. The monoisotopic (exact) mass is 885 g/mol. The molecule has 4 heterocycles. The number of benzene rings is 4. The Morgan fingerprint density at radius 3 is 2.21 bits per heavy atom. The van der Waals surface area contributed by atoms with Crippen molar-refractivity contribution in [2.75, 3.05) is 0 Å². The van der Waals surface area contributed by atoms with Gasteiger partial charge in [0.25, 0.3) is 0 Å². The fourth-order valence-electron chi connectivity index (χ4n) is 6.28. The van der Waals surface area contributed by atoms with E-state index in [4.69, 9.17) is 24.0 Å². The van der Waals surface area contributed by atoms with Crippen LogP contribution in [0.1, 0.15) is 82.9 Å². The van der Waals surface area contributed by atoms with Crippen molar-refractivity contribution in [2.24, 2.45) is 0 Å². The van der Waals surface area contributed by atoms with Gasteiger partial charge in [0.15, 0.2) is 0 Å². The van der Waals surface area contributed by atoms with Crippen molar-refractivity contribution < 1.29 is 34.1 Å². The number of thiazole rings is 1. The average Bonchev–Trinajstić information content (AvgIpc) is 3.77. The van der Waals surface area contributed by atoms with Gasteiger partial charge in [-0.1, -0.05) is 94.9 Å². The summed E-state index contributed by atoms with van der Waals surface area (Å²) in [5.41, 5.74) is 11.0. The van der Waals surface area contributed by atoms with Crippen molar-refractivity contribution in [1.82, 2.24) is 15.0 Å². The van der Waals surface area contributed by atoms with Crippen LogP contribution in [0.5, 0.6) is 0 Å². The predicted octanol–water partition coefficient (Wildman–Crippen LogP) is 12.9. The predicted molar refractivity (Wildman–Crippen MR) is 215 cm³/mol.